The summed E-state index contributed by atoms with van der Waals surface area (Å²) in [6.45, 7) is 8.78. The van der Waals surface area contributed by atoms with Crippen LogP contribution in [0.25, 0.3) is 0 Å². The third-order valence-corrected chi connectivity index (χ3v) is 1.17. The summed E-state index contributed by atoms with van der Waals surface area (Å²) in [5.41, 5.74) is 1.63. The van der Waals surface area contributed by atoms with Gasteiger partial charge in [0.2, 0.25) is 0 Å². The van der Waals surface area contributed by atoms with Gasteiger partial charge in [-0.3, -0.25) is 5.11 Å². The highest BCUT2D eigenvalue weighted by Gasteiger charge is 1.94. The Bertz CT molecular complexity index is 127. The van der Waals surface area contributed by atoms with Crippen molar-refractivity contribution in [2.75, 3.05) is 0 Å². The molecule has 0 unspecified atom stereocenters. The summed E-state index contributed by atoms with van der Waals surface area (Å²) in [6, 6.07) is 0. The van der Waals surface area contributed by atoms with Gasteiger partial charge in [-0.15, -0.1) is 0 Å². The Kier molecular flexibility index (Phi) is 2.32. The molecule has 0 aromatic heterocycles. The minimum absolute atomic E-state index is 0.109. The van der Waals surface area contributed by atoms with Gasteiger partial charge in [0.15, 0.2) is 5.76 Å². The highest BCUT2D eigenvalue weighted by atomic mass is 16.3. The van der Waals surface area contributed by atoms with Gasteiger partial charge in [-0.05, 0) is 26.3 Å². The lowest BCUT2D eigenvalue weighted by Crippen LogP contribution is -1.80. The Labute approximate surface area is 50.3 Å². The number of hydrogen-bond acceptors (Lipinski definition) is 0. The first kappa shape index (κ1) is 7.28. The Morgan fingerprint density at radius 1 is 1.25 bits per heavy atom. The lowest BCUT2D eigenvalue weighted by atomic mass is 10.1. The Balaban J connectivity index is 4.23. The maximum Gasteiger partial charge on any atom is 0.155 e. The van der Waals surface area contributed by atoms with Crippen LogP contribution >= 0.6 is 0 Å². The molecule has 0 aromatic carbocycles. The average Bonchev–Trinajstić information content (AvgIpc) is 1.64. The molecule has 0 rings (SSSR count). The van der Waals surface area contributed by atoms with Crippen LogP contribution in [0.4, 0.5) is 0 Å². The van der Waals surface area contributed by atoms with Crippen molar-refractivity contribution >= 4 is 0 Å². The van der Waals surface area contributed by atoms with Gasteiger partial charge in [0.05, 0.1) is 0 Å². The SMILES string of the molecule is C=C(C)/C(C)=C(\C)[O]. The van der Waals surface area contributed by atoms with Crippen LogP contribution in [0.5, 0.6) is 0 Å². The summed E-state index contributed by atoms with van der Waals surface area (Å²) in [5, 5.41) is 10.5. The van der Waals surface area contributed by atoms with Gasteiger partial charge >= 0.3 is 0 Å². The average molecular weight is 111 g/mol. The van der Waals surface area contributed by atoms with Gasteiger partial charge < -0.3 is 0 Å². The fourth-order valence-corrected chi connectivity index (χ4v) is 0.301. The van der Waals surface area contributed by atoms with Gasteiger partial charge in [0.25, 0.3) is 0 Å². The molecule has 1 nitrogen and oxygen atoms in total. The van der Waals surface area contributed by atoms with E-state index in [0.717, 1.165) is 11.1 Å². The van der Waals surface area contributed by atoms with E-state index in [9.17, 15) is 5.11 Å². The summed E-state index contributed by atoms with van der Waals surface area (Å²) in [5.74, 6) is 0.109. The quantitative estimate of drug-likeness (QED) is 0.365. The van der Waals surface area contributed by atoms with Crippen molar-refractivity contribution in [3.05, 3.63) is 23.5 Å². The predicted molar refractivity (Wildman–Crippen MR) is 33.9 cm³/mol. The standard InChI is InChI=1S/C7H11O/c1-5(2)6(3)7(4)8/h1H2,2-4H3/b7-6+. The van der Waals surface area contributed by atoms with Crippen LogP contribution in [0.1, 0.15) is 20.8 Å². The zero-order valence-electron chi connectivity index (χ0n) is 5.62. The molecule has 0 aliphatic carbocycles. The second-order valence-corrected chi connectivity index (χ2v) is 1.96. The molecule has 8 heavy (non-hydrogen) atoms. The number of hydrogen-bond donors (Lipinski definition) is 0. The van der Waals surface area contributed by atoms with E-state index in [1.165, 1.54) is 0 Å². The first-order chi connectivity index (χ1) is 3.55. The highest BCUT2D eigenvalue weighted by molar-refractivity contribution is 5.25. The first-order valence-electron chi connectivity index (χ1n) is 2.56. The molecule has 0 saturated heterocycles. The molecule has 0 heterocycles. The summed E-state index contributed by atoms with van der Waals surface area (Å²) in [4.78, 5) is 0. The fourth-order valence-electron chi connectivity index (χ4n) is 0.301. The molecule has 0 fully saturated rings. The van der Waals surface area contributed by atoms with Crippen LogP contribution in [-0.4, -0.2) is 0 Å². The van der Waals surface area contributed by atoms with E-state index in [4.69, 9.17) is 0 Å². The van der Waals surface area contributed by atoms with Crippen LogP contribution < -0.4 is 0 Å². The van der Waals surface area contributed by atoms with Crippen LogP contribution in [0, 0.1) is 0 Å². The fraction of sp³-hybridized carbons (Fsp3) is 0.429. The monoisotopic (exact) mass is 111 g/mol. The van der Waals surface area contributed by atoms with Crippen molar-refractivity contribution in [1.82, 2.24) is 0 Å². The molecule has 0 saturated carbocycles. The molecule has 45 valence electrons. The molecule has 0 atom stereocenters. The van der Waals surface area contributed by atoms with E-state index in [1.807, 2.05) is 6.92 Å². The van der Waals surface area contributed by atoms with Crippen LogP contribution in [0.2, 0.25) is 0 Å². The Hall–Kier alpha value is -0.720. The molecular formula is C7H11O. The molecule has 1 radical (unpaired) electrons. The van der Waals surface area contributed by atoms with Gasteiger partial charge in [0.1, 0.15) is 0 Å². The third-order valence-electron chi connectivity index (χ3n) is 1.17. The van der Waals surface area contributed by atoms with Gasteiger partial charge in [0, 0.05) is 0 Å². The van der Waals surface area contributed by atoms with E-state index in [-0.39, 0.29) is 5.76 Å². The topological polar surface area (TPSA) is 19.9 Å². The Morgan fingerprint density at radius 3 is 1.62 bits per heavy atom. The lowest BCUT2D eigenvalue weighted by Gasteiger charge is -1.95. The van der Waals surface area contributed by atoms with E-state index in [2.05, 4.69) is 6.58 Å². The van der Waals surface area contributed by atoms with Crippen molar-refractivity contribution in [2.24, 2.45) is 0 Å². The molecule has 0 aliphatic rings. The van der Waals surface area contributed by atoms with Crippen molar-refractivity contribution < 1.29 is 5.11 Å². The van der Waals surface area contributed by atoms with E-state index < -0.39 is 0 Å². The molecule has 0 N–H and O–H groups in total. The molecular weight excluding hydrogens is 100 g/mol. The third kappa shape index (κ3) is 1.82. The van der Waals surface area contributed by atoms with Gasteiger partial charge in [-0.1, -0.05) is 12.2 Å². The maximum absolute atomic E-state index is 10.5. The maximum atomic E-state index is 10.5. The zero-order chi connectivity index (χ0) is 6.73. The van der Waals surface area contributed by atoms with E-state index in [1.54, 1.807) is 13.8 Å². The number of allylic oxidation sites excluding steroid dienone is 3. The largest absolute Gasteiger partial charge is 0.295 e. The van der Waals surface area contributed by atoms with Crippen LogP contribution in [-0.2, 0) is 5.11 Å². The van der Waals surface area contributed by atoms with Gasteiger partial charge in [-0.25, -0.2) is 0 Å². The second kappa shape index (κ2) is 2.55. The lowest BCUT2D eigenvalue weighted by molar-refractivity contribution is 0.296. The molecule has 0 amide bonds. The zero-order valence-corrected chi connectivity index (χ0v) is 5.62. The van der Waals surface area contributed by atoms with Crippen molar-refractivity contribution in [3.8, 4) is 0 Å². The van der Waals surface area contributed by atoms with Crippen molar-refractivity contribution in [3.63, 3.8) is 0 Å². The molecule has 0 aromatic rings. The van der Waals surface area contributed by atoms with Crippen molar-refractivity contribution in [2.45, 2.75) is 20.8 Å². The molecule has 1 heteroatoms. The summed E-state index contributed by atoms with van der Waals surface area (Å²) in [7, 11) is 0. The van der Waals surface area contributed by atoms with Gasteiger partial charge in [-0.2, -0.15) is 0 Å². The summed E-state index contributed by atoms with van der Waals surface area (Å²) < 4.78 is 0. The van der Waals surface area contributed by atoms with E-state index >= 15 is 0 Å². The van der Waals surface area contributed by atoms with Crippen LogP contribution in [0.3, 0.4) is 0 Å². The highest BCUT2D eigenvalue weighted by Crippen LogP contribution is 2.08. The second-order valence-electron chi connectivity index (χ2n) is 1.96. The van der Waals surface area contributed by atoms with Crippen molar-refractivity contribution in [1.29, 1.82) is 0 Å². The minimum atomic E-state index is 0.109. The molecule has 0 spiro atoms. The first-order valence-corrected chi connectivity index (χ1v) is 2.56. The molecule has 0 aliphatic heterocycles. The van der Waals surface area contributed by atoms with E-state index in [0.29, 0.717) is 0 Å². The predicted octanol–water partition coefficient (Wildman–Crippen LogP) is 2.29. The summed E-state index contributed by atoms with van der Waals surface area (Å²) >= 11 is 0. The Morgan fingerprint density at radius 2 is 1.62 bits per heavy atom. The molecule has 0 bridgehead atoms. The van der Waals surface area contributed by atoms with Crippen LogP contribution in [0.15, 0.2) is 23.5 Å². The normalized spacial score (nSPS) is 12.9. The number of rotatable bonds is 1. The minimum Gasteiger partial charge on any atom is -0.295 e. The smallest absolute Gasteiger partial charge is 0.155 e. The summed E-state index contributed by atoms with van der Waals surface area (Å²) in [6.07, 6.45) is 0.